The van der Waals surface area contributed by atoms with E-state index in [0.29, 0.717) is 0 Å². The van der Waals surface area contributed by atoms with Gasteiger partial charge in [-0.1, -0.05) is 19.1 Å². The highest BCUT2D eigenvalue weighted by molar-refractivity contribution is 7.09. The van der Waals surface area contributed by atoms with Crippen LogP contribution in [0.3, 0.4) is 0 Å². The van der Waals surface area contributed by atoms with Gasteiger partial charge < -0.3 is 10.1 Å². The molecule has 1 heterocycles. The molecule has 2 rings (SSSR count). The van der Waals surface area contributed by atoms with E-state index in [1.54, 1.807) is 23.5 Å². The van der Waals surface area contributed by atoms with Gasteiger partial charge in [-0.15, -0.1) is 11.3 Å². The second kappa shape index (κ2) is 7.47. The third-order valence-corrected chi connectivity index (χ3v) is 3.86. The molecule has 1 N–H and O–H groups in total. The fourth-order valence-corrected chi connectivity index (χ4v) is 2.77. The molecule has 0 spiro atoms. The van der Waals surface area contributed by atoms with E-state index in [-0.39, 0.29) is 11.8 Å². The lowest BCUT2D eigenvalue weighted by Gasteiger charge is -2.18. The molecular formula is C15H18F2N2OS. The molecule has 0 saturated heterocycles. The Labute approximate surface area is 127 Å². The highest BCUT2D eigenvalue weighted by Gasteiger charge is 2.13. The second-order valence-corrected chi connectivity index (χ2v) is 5.68. The molecule has 6 heteroatoms. The Morgan fingerprint density at radius 2 is 2.00 bits per heavy atom. The van der Waals surface area contributed by atoms with Gasteiger partial charge in [0.05, 0.1) is 10.7 Å². The van der Waals surface area contributed by atoms with Gasteiger partial charge in [0.15, 0.2) is 0 Å². The van der Waals surface area contributed by atoms with Crippen LogP contribution in [0.5, 0.6) is 5.75 Å². The van der Waals surface area contributed by atoms with Crippen LogP contribution >= 0.6 is 11.3 Å². The zero-order chi connectivity index (χ0) is 15.2. The molecule has 1 aromatic carbocycles. The normalized spacial score (nSPS) is 12.6. The fourth-order valence-electron chi connectivity index (χ4n) is 2.15. The van der Waals surface area contributed by atoms with E-state index >= 15 is 0 Å². The van der Waals surface area contributed by atoms with Crippen LogP contribution in [0.2, 0.25) is 0 Å². The number of halogens is 2. The number of aromatic nitrogens is 1. The van der Waals surface area contributed by atoms with E-state index in [9.17, 15) is 8.78 Å². The van der Waals surface area contributed by atoms with Crippen molar-refractivity contribution in [3.63, 3.8) is 0 Å². The number of thiazole rings is 1. The number of ether oxygens (including phenoxy) is 1. The van der Waals surface area contributed by atoms with Gasteiger partial charge in [-0.05, 0) is 31.2 Å². The van der Waals surface area contributed by atoms with Crippen molar-refractivity contribution in [1.29, 1.82) is 0 Å². The molecule has 0 bridgehead atoms. The summed E-state index contributed by atoms with van der Waals surface area (Å²) in [5, 5.41) is 6.48. The van der Waals surface area contributed by atoms with E-state index in [2.05, 4.69) is 15.0 Å². The van der Waals surface area contributed by atoms with Crippen molar-refractivity contribution < 1.29 is 13.5 Å². The van der Waals surface area contributed by atoms with Crippen molar-refractivity contribution in [2.75, 3.05) is 6.54 Å². The fraction of sp³-hybridized carbons (Fsp3) is 0.400. The summed E-state index contributed by atoms with van der Waals surface area (Å²) in [7, 11) is 0. The van der Waals surface area contributed by atoms with Crippen molar-refractivity contribution in [2.45, 2.75) is 32.9 Å². The molecular weight excluding hydrogens is 294 g/mol. The maximum atomic E-state index is 12.1. The standard InChI is InChI=1S/C15H18F2N2OS/c1-3-18-14(8-12-9-21-10(2)19-12)11-4-6-13(7-5-11)20-15(16)17/h4-7,9,14-15,18H,3,8H2,1-2H3. The quantitative estimate of drug-likeness (QED) is 0.840. The molecule has 0 aliphatic heterocycles. The molecule has 1 unspecified atom stereocenters. The summed E-state index contributed by atoms with van der Waals surface area (Å²) in [5.41, 5.74) is 2.07. The topological polar surface area (TPSA) is 34.2 Å². The zero-order valence-corrected chi connectivity index (χ0v) is 12.8. The van der Waals surface area contributed by atoms with Gasteiger partial charge in [-0.2, -0.15) is 8.78 Å². The SMILES string of the molecule is CCNC(Cc1csc(C)n1)c1ccc(OC(F)F)cc1. The molecule has 0 fully saturated rings. The number of rotatable bonds is 7. The minimum absolute atomic E-state index is 0.108. The highest BCUT2D eigenvalue weighted by Crippen LogP contribution is 2.23. The maximum absolute atomic E-state index is 12.1. The van der Waals surface area contributed by atoms with Crippen LogP contribution in [0, 0.1) is 6.92 Å². The van der Waals surface area contributed by atoms with E-state index < -0.39 is 6.61 Å². The monoisotopic (exact) mass is 312 g/mol. The van der Waals surface area contributed by atoms with Crippen LogP contribution in [0.25, 0.3) is 0 Å². The average molecular weight is 312 g/mol. The zero-order valence-electron chi connectivity index (χ0n) is 12.0. The van der Waals surface area contributed by atoms with E-state index in [1.165, 1.54) is 0 Å². The Morgan fingerprint density at radius 1 is 1.29 bits per heavy atom. The number of nitrogens with one attached hydrogen (secondary N) is 1. The third kappa shape index (κ3) is 4.75. The van der Waals surface area contributed by atoms with E-state index in [0.717, 1.165) is 29.2 Å². The average Bonchev–Trinajstić information content (AvgIpc) is 2.84. The Morgan fingerprint density at radius 3 is 2.52 bits per heavy atom. The molecule has 0 amide bonds. The van der Waals surface area contributed by atoms with Crippen molar-refractivity contribution >= 4 is 11.3 Å². The number of hydrogen-bond donors (Lipinski definition) is 1. The van der Waals surface area contributed by atoms with Gasteiger partial charge in [0.25, 0.3) is 0 Å². The van der Waals surface area contributed by atoms with Crippen molar-refractivity contribution in [3.05, 3.63) is 45.9 Å². The van der Waals surface area contributed by atoms with Crippen molar-refractivity contribution in [3.8, 4) is 5.75 Å². The Balaban J connectivity index is 2.10. The van der Waals surface area contributed by atoms with Gasteiger partial charge >= 0.3 is 6.61 Å². The first-order chi connectivity index (χ1) is 10.1. The maximum Gasteiger partial charge on any atom is 0.387 e. The summed E-state index contributed by atoms with van der Waals surface area (Å²) in [4.78, 5) is 4.47. The molecule has 0 aliphatic carbocycles. The van der Waals surface area contributed by atoms with Crippen LogP contribution in [0.1, 0.15) is 29.2 Å². The van der Waals surface area contributed by atoms with Crippen LogP contribution in [-0.2, 0) is 6.42 Å². The number of hydrogen-bond acceptors (Lipinski definition) is 4. The van der Waals surface area contributed by atoms with Crippen LogP contribution in [0.15, 0.2) is 29.6 Å². The number of alkyl halides is 2. The largest absolute Gasteiger partial charge is 0.435 e. The molecule has 3 nitrogen and oxygen atoms in total. The molecule has 1 aromatic heterocycles. The number of aryl methyl sites for hydroxylation is 1. The lowest BCUT2D eigenvalue weighted by Crippen LogP contribution is -2.23. The van der Waals surface area contributed by atoms with Crippen LogP contribution < -0.4 is 10.1 Å². The lowest BCUT2D eigenvalue weighted by molar-refractivity contribution is -0.0498. The predicted molar refractivity (Wildman–Crippen MR) is 80.0 cm³/mol. The molecule has 0 radical (unpaired) electrons. The van der Waals surface area contributed by atoms with Gasteiger partial charge in [-0.3, -0.25) is 0 Å². The first-order valence-corrected chi connectivity index (χ1v) is 7.65. The Bertz CT molecular complexity index is 557. The Kier molecular flexibility index (Phi) is 5.64. The van der Waals surface area contributed by atoms with Gasteiger partial charge in [0.2, 0.25) is 0 Å². The molecule has 21 heavy (non-hydrogen) atoms. The smallest absolute Gasteiger partial charge is 0.387 e. The summed E-state index contributed by atoms with van der Waals surface area (Å²) in [6.07, 6.45) is 0.771. The van der Waals surface area contributed by atoms with Crippen molar-refractivity contribution in [2.24, 2.45) is 0 Å². The van der Waals surface area contributed by atoms with Crippen molar-refractivity contribution in [1.82, 2.24) is 10.3 Å². The molecule has 2 aromatic rings. The van der Waals surface area contributed by atoms with Crippen LogP contribution in [-0.4, -0.2) is 18.1 Å². The second-order valence-electron chi connectivity index (χ2n) is 4.62. The highest BCUT2D eigenvalue weighted by atomic mass is 32.1. The Hall–Kier alpha value is -1.53. The van der Waals surface area contributed by atoms with Gasteiger partial charge in [0.1, 0.15) is 5.75 Å². The number of nitrogens with zero attached hydrogens (tertiary/aromatic N) is 1. The molecule has 0 saturated carbocycles. The van der Waals surface area contributed by atoms with E-state index in [1.807, 2.05) is 31.4 Å². The van der Waals surface area contributed by atoms with Crippen LogP contribution in [0.4, 0.5) is 8.78 Å². The first kappa shape index (κ1) is 15.9. The number of benzene rings is 1. The summed E-state index contributed by atoms with van der Waals surface area (Å²) >= 11 is 1.63. The summed E-state index contributed by atoms with van der Waals surface area (Å²) in [6, 6.07) is 6.86. The molecule has 1 atom stereocenters. The lowest BCUT2D eigenvalue weighted by atomic mass is 10.0. The third-order valence-electron chi connectivity index (χ3n) is 3.04. The minimum atomic E-state index is -2.79. The minimum Gasteiger partial charge on any atom is -0.435 e. The molecule has 114 valence electrons. The summed E-state index contributed by atoms with van der Waals surface area (Å²) < 4.78 is 28.7. The summed E-state index contributed by atoms with van der Waals surface area (Å²) in [6.45, 7) is 2.04. The number of likely N-dealkylation sites (N-methyl/N-ethyl adjacent to an activating group) is 1. The van der Waals surface area contributed by atoms with E-state index in [4.69, 9.17) is 0 Å². The molecule has 0 aliphatic rings. The first-order valence-electron chi connectivity index (χ1n) is 6.77. The summed E-state index contributed by atoms with van der Waals surface area (Å²) in [5.74, 6) is 0.175. The van der Waals surface area contributed by atoms with Gasteiger partial charge in [0, 0.05) is 17.8 Å². The predicted octanol–water partition coefficient (Wildman–Crippen LogP) is 3.95. The van der Waals surface area contributed by atoms with Gasteiger partial charge in [-0.25, -0.2) is 4.98 Å².